The molecule has 2 rings (SSSR count). The Morgan fingerprint density at radius 3 is 2.10 bits per heavy atom. The standard InChI is InChI=1S/C14H16ClNO3S/c1-17-10-6-8(7-11(18-2)13(10)19-3)12(16)14-9(15)4-5-20-14/h4-7,12H,16H2,1-3H3. The van der Waals surface area contributed by atoms with Crippen molar-refractivity contribution in [3.8, 4) is 17.2 Å². The van der Waals surface area contributed by atoms with E-state index in [1.807, 2.05) is 23.6 Å². The molecular formula is C14H16ClNO3S. The Kier molecular flexibility index (Phi) is 4.75. The van der Waals surface area contributed by atoms with Gasteiger partial charge >= 0.3 is 0 Å². The van der Waals surface area contributed by atoms with Crippen molar-refractivity contribution < 1.29 is 14.2 Å². The van der Waals surface area contributed by atoms with Crippen molar-refractivity contribution in [3.05, 3.63) is 39.0 Å². The van der Waals surface area contributed by atoms with Gasteiger partial charge in [-0.15, -0.1) is 11.3 Å². The van der Waals surface area contributed by atoms with Crippen LogP contribution in [0.4, 0.5) is 0 Å². The fourth-order valence-corrected chi connectivity index (χ4v) is 3.16. The van der Waals surface area contributed by atoms with Gasteiger partial charge in [0.15, 0.2) is 11.5 Å². The first-order chi connectivity index (χ1) is 9.62. The predicted octanol–water partition coefficient (Wildman–Crippen LogP) is 3.48. The third-order valence-electron chi connectivity index (χ3n) is 2.97. The maximum absolute atomic E-state index is 6.27. The zero-order valence-corrected chi connectivity index (χ0v) is 13.0. The minimum atomic E-state index is -0.337. The van der Waals surface area contributed by atoms with Crippen LogP contribution in [0.1, 0.15) is 16.5 Å². The Balaban J connectivity index is 2.49. The number of benzene rings is 1. The number of hydrogen-bond acceptors (Lipinski definition) is 5. The van der Waals surface area contributed by atoms with Gasteiger partial charge in [-0.2, -0.15) is 0 Å². The summed E-state index contributed by atoms with van der Waals surface area (Å²) in [5, 5.41) is 2.58. The summed E-state index contributed by atoms with van der Waals surface area (Å²) in [5.41, 5.74) is 7.13. The molecule has 0 aliphatic heterocycles. The topological polar surface area (TPSA) is 53.7 Å². The minimum absolute atomic E-state index is 0.337. The maximum atomic E-state index is 6.27. The van der Waals surface area contributed by atoms with Crippen LogP contribution in [0.15, 0.2) is 23.6 Å². The highest BCUT2D eigenvalue weighted by Crippen LogP contribution is 2.41. The van der Waals surface area contributed by atoms with Crippen LogP contribution in [0.2, 0.25) is 5.02 Å². The Morgan fingerprint density at radius 2 is 1.70 bits per heavy atom. The first-order valence-corrected chi connectivity index (χ1v) is 7.16. The molecule has 2 N–H and O–H groups in total. The second-order valence-electron chi connectivity index (χ2n) is 4.07. The SMILES string of the molecule is COc1cc(C(N)c2sccc2Cl)cc(OC)c1OC. The number of rotatable bonds is 5. The van der Waals surface area contributed by atoms with E-state index in [4.69, 9.17) is 31.5 Å². The van der Waals surface area contributed by atoms with Gasteiger partial charge in [-0.3, -0.25) is 0 Å². The van der Waals surface area contributed by atoms with E-state index in [0.29, 0.717) is 22.3 Å². The zero-order chi connectivity index (χ0) is 14.7. The van der Waals surface area contributed by atoms with Gasteiger partial charge in [0, 0.05) is 4.88 Å². The summed E-state index contributed by atoms with van der Waals surface area (Å²) in [7, 11) is 4.71. The molecule has 0 fully saturated rings. The normalized spacial score (nSPS) is 12.1. The second-order valence-corrected chi connectivity index (χ2v) is 5.42. The Morgan fingerprint density at radius 1 is 1.10 bits per heavy atom. The molecule has 0 amide bonds. The predicted molar refractivity (Wildman–Crippen MR) is 81.5 cm³/mol. The highest BCUT2D eigenvalue weighted by atomic mass is 35.5. The average Bonchev–Trinajstić information content (AvgIpc) is 2.90. The molecule has 0 radical (unpaired) electrons. The van der Waals surface area contributed by atoms with E-state index in [1.54, 1.807) is 21.3 Å². The van der Waals surface area contributed by atoms with Crippen molar-refractivity contribution >= 4 is 22.9 Å². The largest absolute Gasteiger partial charge is 0.493 e. The summed E-state index contributed by atoms with van der Waals surface area (Å²) >= 11 is 7.65. The number of thiophene rings is 1. The lowest BCUT2D eigenvalue weighted by atomic mass is 10.0. The van der Waals surface area contributed by atoms with Crippen LogP contribution in [0, 0.1) is 0 Å². The van der Waals surface area contributed by atoms with Gasteiger partial charge in [-0.25, -0.2) is 0 Å². The summed E-state index contributed by atoms with van der Waals surface area (Å²) in [4.78, 5) is 0.904. The maximum Gasteiger partial charge on any atom is 0.203 e. The molecule has 0 saturated heterocycles. The van der Waals surface area contributed by atoms with Gasteiger partial charge in [-0.1, -0.05) is 11.6 Å². The molecule has 0 aliphatic rings. The molecular weight excluding hydrogens is 298 g/mol. The van der Waals surface area contributed by atoms with Crippen molar-refractivity contribution in [2.75, 3.05) is 21.3 Å². The molecule has 1 aromatic heterocycles. The first kappa shape index (κ1) is 15.0. The van der Waals surface area contributed by atoms with Gasteiger partial charge < -0.3 is 19.9 Å². The molecule has 1 unspecified atom stereocenters. The average molecular weight is 314 g/mol. The van der Waals surface area contributed by atoms with Crippen LogP contribution >= 0.6 is 22.9 Å². The first-order valence-electron chi connectivity index (χ1n) is 5.90. The molecule has 0 bridgehead atoms. The lowest BCUT2D eigenvalue weighted by molar-refractivity contribution is 0.323. The fourth-order valence-electron chi connectivity index (χ4n) is 1.96. The van der Waals surface area contributed by atoms with Gasteiger partial charge in [0.25, 0.3) is 0 Å². The van der Waals surface area contributed by atoms with E-state index in [-0.39, 0.29) is 6.04 Å². The van der Waals surface area contributed by atoms with Crippen LogP contribution in [-0.2, 0) is 0 Å². The number of nitrogens with two attached hydrogens (primary N) is 1. The second kappa shape index (κ2) is 6.35. The molecule has 0 spiro atoms. The monoisotopic (exact) mass is 313 g/mol. The third-order valence-corrected chi connectivity index (χ3v) is 4.41. The summed E-state index contributed by atoms with van der Waals surface area (Å²) in [5.74, 6) is 1.69. The van der Waals surface area contributed by atoms with Crippen molar-refractivity contribution in [2.24, 2.45) is 5.73 Å². The Bertz CT molecular complexity index is 575. The van der Waals surface area contributed by atoms with E-state index in [0.717, 1.165) is 10.4 Å². The van der Waals surface area contributed by atoms with E-state index in [9.17, 15) is 0 Å². The molecule has 108 valence electrons. The molecule has 1 heterocycles. The van der Waals surface area contributed by atoms with Crippen molar-refractivity contribution in [3.63, 3.8) is 0 Å². The molecule has 4 nitrogen and oxygen atoms in total. The zero-order valence-electron chi connectivity index (χ0n) is 11.5. The Labute approximate surface area is 127 Å². The van der Waals surface area contributed by atoms with Gasteiger partial charge in [-0.05, 0) is 29.1 Å². The molecule has 20 heavy (non-hydrogen) atoms. The minimum Gasteiger partial charge on any atom is -0.493 e. The summed E-state index contributed by atoms with van der Waals surface area (Å²) in [6.45, 7) is 0. The van der Waals surface area contributed by atoms with E-state index in [2.05, 4.69) is 0 Å². The third kappa shape index (κ3) is 2.70. The van der Waals surface area contributed by atoms with Gasteiger partial charge in [0.2, 0.25) is 5.75 Å². The number of methoxy groups -OCH3 is 3. The van der Waals surface area contributed by atoms with Crippen LogP contribution in [-0.4, -0.2) is 21.3 Å². The summed E-state index contributed by atoms with van der Waals surface area (Å²) < 4.78 is 15.9. The van der Waals surface area contributed by atoms with Crippen LogP contribution in [0.5, 0.6) is 17.2 Å². The molecule has 0 saturated carbocycles. The highest BCUT2D eigenvalue weighted by molar-refractivity contribution is 7.10. The van der Waals surface area contributed by atoms with E-state index >= 15 is 0 Å². The lowest BCUT2D eigenvalue weighted by Gasteiger charge is -2.17. The highest BCUT2D eigenvalue weighted by Gasteiger charge is 2.19. The molecule has 1 aromatic carbocycles. The molecule has 6 heteroatoms. The van der Waals surface area contributed by atoms with Crippen molar-refractivity contribution in [1.29, 1.82) is 0 Å². The number of ether oxygens (including phenoxy) is 3. The van der Waals surface area contributed by atoms with E-state index in [1.165, 1.54) is 11.3 Å². The lowest BCUT2D eigenvalue weighted by Crippen LogP contribution is -2.11. The van der Waals surface area contributed by atoms with Crippen LogP contribution in [0.3, 0.4) is 0 Å². The molecule has 0 aliphatic carbocycles. The Hall–Kier alpha value is -1.43. The number of hydrogen-bond donors (Lipinski definition) is 1. The molecule has 2 aromatic rings. The van der Waals surface area contributed by atoms with Gasteiger partial charge in [0.05, 0.1) is 32.4 Å². The number of halogens is 1. The smallest absolute Gasteiger partial charge is 0.203 e. The van der Waals surface area contributed by atoms with Crippen LogP contribution in [0.25, 0.3) is 0 Å². The summed E-state index contributed by atoms with van der Waals surface area (Å²) in [6.07, 6.45) is 0. The fraction of sp³-hybridized carbons (Fsp3) is 0.286. The van der Waals surface area contributed by atoms with Gasteiger partial charge in [0.1, 0.15) is 0 Å². The van der Waals surface area contributed by atoms with Crippen molar-refractivity contribution in [2.45, 2.75) is 6.04 Å². The van der Waals surface area contributed by atoms with E-state index < -0.39 is 0 Å². The molecule has 1 atom stereocenters. The summed E-state index contributed by atoms with van der Waals surface area (Å²) in [6, 6.07) is 5.17. The van der Waals surface area contributed by atoms with Crippen molar-refractivity contribution in [1.82, 2.24) is 0 Å². The quantitative estimate of drug-likeness (QED) is 0.918. The van der Waals surface area contributed by atoms with Crippen LogP contribution < -0.4 is 19.9 Å².